The van der Waals surface area contributed by atoms with Crippen molar-refractivity contribution in [2.24, 2.45) is 11.8 Å². The van der Waals surface area contributed by atoms with E-state index in [4.69, 9.17) is 0 Å². The van der Waals surface area contributed by atoms with E-state index in [0.29, 0.717) is 42.2 Å². The van der Waals surface area contributed by atoms with Gasteiger partial charge in [0.05, 0.1) is 0 Å². The Morgan fingerprint density at radius 3 is 2.29 bits per heavy atom. The molecule has 0 saturated carbocycles. The molecule has 0 radical (unpaired) electrons. The Morgan fingerprint density at radius 2 is 1.65 bits per heavy atom. The third-order valence-electron chi connectivity index (χ3n) is 5.70. The van der Waals surface area contributed by atoms with Crippen LogP contribution in [0, 0.1) is 17.7 Å². The number of fused-ring (bicyclic) bond motifs is 2. The summed E-state index contributed by atoms with van der Waals surface area (Å²) in [6, 6.07) is 8.37. The first kappa shape index (κ1) is 19.5. The molecule has 2 amide bonds. The molecular formula is C19H17F4N7O. The maximum atomic E-state index is 13.1. The van der Waals surface area contributed by atoms with Gasteiger partial charge in [-0.15, -0.1) is 15.3 Å². The van der Waals surface area contributed by atoms with E-state index in [-0.39, 0.29) is 29.3 Å². The van der Waals surface area contributed by atoms with Gasteiger partial charge in [-0.05, 0) is 36.4 Å². The number of aromatic nitrogens is 4. The Hall–Kier alpha value is -3.44. The van der Waals surface area contributed by atoms with Crippen molar-refractivity contribution in [1.29, 1.82) is 0 Å². The summed E-state index contributed by atoms with van der Waals surface area (Å²) in [5, 5.41) is 13.6. The molecule has 2 aliphatic heterocycles. The van der Waals surface area contributed by atoms with Crippen LogP contribution in [0.5, 0.6) is 0 Å². The number of nitrogens with zero attached hydrogens (tertiary/aromatic N) is 6. The van der Waals surface area contributed by atoms with Gasteiger partial charge in [-0.25, -0.2) is 9.18 Å². The molecule has 8 nitrogen and oxygen atoms in total. The number of amides is 2. The first-order valence-electron chi connectivity index (χ1n) is 9.64. The smallest absolute Gasteiger partial charge is 0.354 e. The van der Waals surface area contributed by atoms with E-state index < -0.39 is 12.0 Å². The normalized spacial score (nSPS) is 21.0. The molecule has 0 spiro atoms. The topological polar surface area (TPSA) is 78.7 Å². The zero-order chi connectivity index (χ0) is 21.8. The summed E-state index contributed by atoms with van der Waals surface area (Å²) in [4.78, 5) is 16.1. The summed E-state index contributed by atoms with van der Waals surface area (Å²) >= 11 is 0. The Morgan fingerprint density at radius 1 is 0.968 bits per heavy atom. The predicted octanol–water partition coefficient (Wildman–Crippen LogP) is 2.88. The van der Waals surface area contributed by atoms with Gasteiger partial charge in [-0.1, -0.05) is 0 Å². The molecule has 1 N–H and O–H groups in total. The van der Waals surface area contributed by atoms with Gasteiger partial charge in [-0.3, -0.25) is 0 Å². The second-order valence-electron chi connectivity index (χ2n) is 7.75. The molecule has 2 unspecified atom stereocenters. The van der Waals surface area contributed by atoms with Crippen molar-refractivity contribution in [2.45, 2.75) is 6.18 Å². The van der Waals surface area contributed by atoms with Gasteiger partial charge in [0.1, 0.15) is 11.6 Å². The van der Waals surface area contributed by atoms with Crippen molar-refractivity contribution >= 4 is 23.2 Å². The highest BCUT2D eigenvalue weighted by Gasteiger charge is 2.42. The van der Waals surface area contributed by atoms with Gasteiger partial charge in [0.25, 0.3) is 5.82 Å². The lowest BCUT2D eigenvalue weighted by atomic mass is 10.0. The van der Waals surface area contributed by atoms with E-state index in [0.717, 1.165) is 0 Å². The van der Waals surface area contributed by atoms with Gasteiger partial charge in [0.2, 0.25) is 0 Å². The largest absolute Gasteiger partial charge is 0.453 e. The molecule has 3 aromatic rings. The summed E-state index contributed by atoms with van der Waals surface area (Å²) in [5.74, 6) is -0.768. The number of carbonyl (C=O) groups is 1. The molecule has 2 atom stereocenters. The van der Waals surface area contributed by atoms with Crippen LogP contribution in [0.25, 0.3) is 5.65 Å². The molecule has 2 aliphatic rings. The summed E-state index contributed by atoms with van der Waals surface area (Å²) in [6.45, 7) is 2.20. The minimum absolute atomic E-state index is 0.0269. The SMILES string of the molecule is O=C(Nc1ccc(F)cc1)N1CC2CN(c3ccc4nnc(C(F)(F)F)n4n3)CC2C1. The molecule has 2 aromatic heterocycles. The lowest BCUT2D eigenvalue weighted by Crippen LogP contribution is -2.36. The van der Waals surface area contributed by atoms with Gasteiger partial charge >= 0.3 is 12.2 Å². The van der Waals surface area contributed by atoms with Gasteiger partial charge in [-0.2, -0.15) is 17.7 Å². The summed E-state index contributed by atoms with van der Waals surface area (Å²) in [5.41, 5.74) is 0.538. The van der Waals surface area contributed by atoms with Crippen LogP contribution < -0.4 is 10.2 Å². The molecule has 31 heavy (non-hydrogen) atoms. The van der Waals surface area contributed by atoms with Crippen LogP contribution >= 0.6 is 0 Å². The molecule has 0 bridgehead atoms. The minimum Gasteiger partial charge on any atom is -0.354 e. The third kappa shape index (κ3) is 3.62. The van der Waals surface area contributed by atoms with E-state index in [9.17, 15) is 22.4 Å². The molecule has 12 heteroatoms. The van der Waals surface area contributed by atoms with Crippen molar-refractivity contribution in [3.05, 3.63) is 48.0 Å². The van der Waals surface area contributed by atoms with E-state index in [2.05, 4.69) is 20.6 Å². The highest BCUT2D eigenvalue weighted by molar-refractivity contribution is 5.89. The van der Waals surface area contributed by atoms with Crippen molar-refractivity contribution in [3.63, 3.8) is 0 Å². The Kier molecular flexibility index (Phi) is 4.45. The molecule has 0 aliphatic carbocycles. The second kappa shape index (κ2) is 7.06. The fourth-order valence-electron chi connectivity index (χ4n) is 4.21. The Balaban J connectivity index is 1.26. The number of benzene rings is 1. The fourth-order valence-corrected chi connectivity index (χ4v) is 4.21. The lowest BCUT2D eigenvalue weighted by molar-refractivity contribution is -0.146. The van der Waals surface area contributed by atoms with Crippen molar-refractivity contribution in [2.75, 3.05) is 36.4 Å². The molecular weight excluding hydrogens is 418 g/mol. The summed E-state index contributed by atoms with van der Waals surface area (Å²) < 4.78 is 53.0. The first-order valence-corrected chi connectivity index (χ1v) is 9.64. The molecule has 2 fully saturated rings. The Labute approximate surface area is 173 Å². The van der Waals surface area contributed by atoms with Crippen molar-refractivity contribution < 1.29 is 22.4 Å². The van der Waals surface area contributed by atoms with Crippen molar-refractivity contribution in [3.8, 4) is 0 Å². The standard InChI is InChI=1S/C19H17F4N7O/c20-13-1-3-14(4-2-13)24-18(31)29-9-11-7-28(8-12(11)10-29)16-6-5-15-25-26-17(19(21,22)23)30(15)27-16/h1-6,11-12H,7-10H2,(H,24,31). The highest BCUT2D eigenvalue weighted by atomic mass is 19.4. The fraction of sp³-hybridized carbons (Fsp3) is 0.368. The number of anilines is 2. The number of hydrogen-bond acceptors (Lipinski definition) is 5. The summed E-state index contributed by atoms with van der Waals surface area (Å²) in [6.07, 6.45) is -4.65. The van der Waals surface area contributed by atoms with Crippen LogP contribution in [0.3, 0.4) is 0 Å². The quantitative estimate of drug-likeness (QED) is 0.627. The van der Waals surface area contributed by atoms with Crippen LogP contribution in [0.1, 0.15) is 5.82 Å². The molecule has 4 heterocycles. The maximum Gasteiger partial charge on any atom is 0.453 e. The molecule has 162 valence electrons. The predicted molar refractivity (Wildman–Crippen MR) is 102 cm³/mol. The highest BCUT2D eigenvalue weighted by Crippen LogP contribution is 2.34. The molecule has 2 saturated heterocycles. The van der Waals surface area contributed by atoms with E-state index in [1.807, 2.05) is 4.90 Å². The first-order chi connectivity index (χ1) is 14.8. The average Bonchev–Trinajstić information content (AvgIpc) is 3.41. The molecule has 5 rings (SSSR count). The van der Waals surface area contributed by atoms with Gasteiger partial charge < -0.3 is 15.1 Å². The number of halogens is 4. The molecule has 1 aromatic carbocycles. The number of alkyl halides is 3. The minimum atomic E-state index is -4.65. The van der Waals surface area contributed by atoms with Crippen molar-refractivity contribution in [1.82, 2.24) is 24.7 Å². The number of nitrogens with one attached hydrogen (secondary N) is 1. The average molecular weight is 435 g/mol. The number of rotatable bonds is 2. The van der Waals surface area contributed by atoms with E-state index in [1.54, 1.807) is 11.0 Å². The third-order valence-corrected chi connectivity index (χ3v) is 5.70. The van der Waals surface area contributed by atoms with Crippen LogP contribution in [0.4, 0.5) is 33.9 Å². The summed E-state index contributed by atoms with van der Waals surface area (Å²) in [7, 11) is 0. The van der Waals surface area contributed by atoms with Crippen LogP contribution in [-0.2, 0) is 6.18 Å². The zero-order valence-corrected chi connectivity index (χ0v) is 16.1. The number of urea groups is 1. The van der Waals surface area contributed by atoms with Gasteiger partial charge in [0, 0.05) is 43.7 Å². The number of likely N-dealkylation sites (tertiary alicyclic amines) is 1. The van der Waals surface area contributed by atoms with E-state index >= 15 is 0 Å². The van der Waals surface area contributed by atoms with E-state index in [1.165, 1.54) is 30.3 Å². The van der Waals surface area contributed by atoms with Crippen LogP contribution in [0.15, 0.2) is 36.4 Å². The Bertz CT molecular complexity index is 1120. The zero-order valence-electron chi connectivity index (χ0n) is 16.1. The van der Waals surface area contributed by atoms with Crippen LogP contribution in [0.2, 0.25) is 0 Å². The number of carbonyl (C=O) groups excluding carboxylic acids is 1. The van der Waals surface area contributed by atoms with Gasteiger partial charge in [0.15, 0.2) is 5.65 Å². The maximum absolute atomic E-state index is 13.1. The second-order valence-corrected chi connectivity index (χ2v) is 7.75. The lowest BCUT2D eigenvalue weighted by Gasteiger charge is -2.22. The number of hydrogen-bond donors (Lipinski definition) is 1. The monoisotopic (exact) mass is 435 g/mol. The van der Waals surface area contributed by atoms with Crippen LogP contribution in [-0.4, -0.2) is 56.9 Å².